The van der Waals surface area contributed by atoms with Crippen LogP contribution in [0.4, 0.5) is 5.13 Å². The highest BCUT2D eigenvalue weighted by Gasteiger charge is 2.15. The molecule has 0 aliphatic carbocycles. The summed E-state index contributed by atoms with van der Waals surface area (Å²) in [5, 5.41) is 23.2. The van der Waals surface area contributed by atoms with Crippen molar-refractivity contribution < 1.29 is 9.21 Å². The maximum atomic E-state index is 12.7. The van der Waals surface area contributed by atoms with E-state index in [-0.39, 0.29) is 10.7 Å². The van der Waals surface area contributed by atoms with Crippen LogP contribution >= 0.6 is 11.3 Å². The molecular formula is C24H15N5O2S. The van der Waals surface area contributed by atoms with Gasteiger partial charge >= 0.3 is 0 Å². The molecule has 0 aliphatic rings. The molecule has 0 saturated carbocycles. The van der Waals surface area contributed by atoms with Crippen molar-refractivity contribution in [2.24, 2.45) is 0 Å². The van der Waals surface area contributed by atoms with Gasteiger partial charge in [-0.15, -0.1) is 10.2 Å². The Morgan fingerprint density at radius 2 is 1.94 bits per heavy atom. The van der Waals surface area contributed by atoms with Crippen molar-refractivity contribution in [1.29, 1.82) is 5.26 Å². The first-order valence-corrected chi connectivity index (χ1v) is 10.5. The number of furan rings is 1. The summed E-state index contributed by atoms with van der Waals surface area (Å²) in [5.74, 6) is 0.00674. The van der Waals surface area contributed by atoms with Crippen LogP contribution in [-0.2, 0) is 4.79 Å². The fraction of sp³-hybridized carbons (Fsp3) is 0. The predicted molar refractivity (Wildman–Crippen MR) is 123 cm³/mol. The quantitative estimate of drug-likeness (QED) is 0.298. The van der Waals surface area contributed by atoms with Crippen molar-refractivity contribution >= 4 is 39.2 Å². The zero-order valence-corrected chi connectivity index (χ0v) is 17.4. The largest absolute Gasteiger partial charge is 0.462 e. The van der Waals surface area contributed by atoms with E-state index in [4.69, 9.17) is 4.42 Å². The summed E-state index contributed by atoms with van der Waals surface area (Å²) in [6, 6.07) is 23.3. The summed E-state index contributed by atoms with van der Waals surface area (Å²) in [7, 11) is 0. The normalized spacial score (nSPS) is 11.4. The first-order valence-electron chi connectivity index (χ1n) is 9.69. The van der Waals surface area contributed by atoms with Crippen molar-refractivity contribution in [2.75, 3.05) is 5.32 Å². The SMILES string of the molecule is N#C/C(=C/c1cccn1-c1cccc2ccccc12)C(=O)Nc1nnc(-c2ccco2)s1. The summed E-state index contributed by atoms with van der Waals surface area (Å²) in [6.45, 7) is 0. The molecule has 7 nitrogen and oxygen atoms in total. The molecule has 3 heterocycles. The van der Waals surface area contributed by atoms with Crippen LogP contribution in [0.1, 0.15) is 5.69 Å². The molecule has 0 bridgehead atoms. The van der Waals surface area contributed by atoms with E-state index in [0.29, 0.717) is 16.5 Å². The highest BCUT2D eigenvalue weighted by atomic mass is 32.1. The number of hydrogen-bond acceptors (Lipinski definition) is 6. The van der Waals surface area contributed by atoms with E-state index in [1.165, 1.54) is 17.6 Å². The highest BCUT2D eigenvalue weighted by molar-refractivity contribution is 7.18. The number of hydrogen-bond donors (Lipinski definition) is 1. The van der Waals surface area contributed by atoms with Crippen LogP contribution < -0.4 is 5.32 Å². The molecular weight excluding hydrogens is 422 g/mol. The number of anilines is 1. The van der Waals surface area contributed by atoms with Gasteiger partial charge in [0.2, 0.25) is 5.13 Å². The van der Waals surface area contributed by atoms with E-state index in [1.54, 1.807) is 18.2 Å². The Bertz CT molecular complexity index is 1480. The fourth-order valence-corrected chi connectivity index (χ4v) is 4.09. The third kappa shape index (κ3) is 3.69. The van der Waals surface area contributed by atoms with Crippen LogP contribution in [0.2, 0.25) is 0 Å². The summed E-state index contributed by atoms with van der Waals surface area (Å²) < 4.78 is 7.24. The Kier molecular flexibility index (Phi) is 5.07. The zero-order chi connectivity index (χ0) is 21.9. The van der Waals surface area contributed by atoms with Crippen LogP contribution in [0, 0.1) is 11.3 Å². The number of nitrogens with one attached hydrogen (secondary N) is 1. The van der Waals surface area contributed by atoms with Gasteiger partial charge in [-0.2, -0.15) is 5.26 Å². The fourth-order valence-electron chi connectivity index (χ4n) is 3.38. The van der Waals surface area contributed by atoms with E-state index in [2.05, 4.69) is 15.5 Å². The molecule has 32 heavy (non-hydrogen) atoms. The maximum absolute atomic E-state index is 12.7. The number of benzene rings is 2. The second-order valence-electron chi connectivity index (χ2n) is 6.81. The minimum atomic E-state index is -0.555. The molecule has 0 radical (unpaired) electrons. The smallest absolute Gasteiger partial charge is 0.268 e. The topological polar surface area (TPSA) is 96.7 Å². The lowest BCUT2D eigenvalue weighted by molar-refractivity contribution is -0.112. The standard InChI is InChI=1S/C24H15N5O2S/c25-15-17(22(30)26-24-28-27-23(32-24)21-11-5-13-31-21)14-18-8-4-12-29(18)20-10-3-7-16-6-1-2-9-19(16)20/h1-14H,(H,26,28,30)/b17-14-. The molecule has 0 aliphatic heterocycles. The molecule has 3 aromatic heterocycles. The predicted octanol–water partition coefficient (Wildman–Crippen LogP) is 5.29. The third-order valence-electron chi connectivity index (χ3n) is 4.84. The molecule has 5 aromatic rings. The molecule has 8 heteroatoms. The maximum Gasteiger partial charge on any atom is 0.268 e. The lowest BCUT2D eigenvalue weighted by Crippen LogP contribution is -2.13. The number of rotatable bonds is 5. The second kappa shape index (κ2) is 8.34. The monoisotopic (exact) mass is 437 g/mol. The minimum absolute atomic E-state index is 0.0417. The van der Waals surface area contributed by atoms with Crippen molar-refractivity contribution in [3.8, 4) is 22.5 Å². The van der Waals surface area contributed by atoms with Gasteiger partial charge in [-0.25, -0.2) is 0 Å². The van der Waals surface area contributed by atoms with E-state index >= 15 is 0 Å². The van der Waals surface area contributed by atoms with Gasteiger partial charge in [0, 0.05) is 17.3 Å². The zero-order valence-electron chi connectivity index (χ0n) is 16.6. The first-order chi connectivity index (χ1) is 15.7. The summed E-state index contributed by atoms with van der Waals surface area (Å²) in [4.78, 5) is 12.7. The molecule has 0 unspecified atom stereocenters. The number of aromatic nitrogens is 3. The first kappa shape index (κ1) is 19.5. The molecule has 0 fully saturated rings. The van der Waals surface area contributed by atoms with E-state index in [9.17, 15) is 10.1 Å². The van der Waals surface area contributed by atoms with Crippen LogP contribution in [0.15, 0.2) is 89.2 Å². The number of amides is 1. The van der Waals surface area contributed by atoms with Crippen molar-refractivity contribution in [1.82, 2.24) is 14.8 Å². The Morgan fingerprint density at radius 3 is 2.78 bits per heavy atom. The highest BCUT2D eigenvalue weighted by Crippen LogP contribution is 2.27. The number of nitriles is 1. The van der Waals surface area contributed by atoms with Gasteiger partial charge in [-0.3, -0.25) is 10.1 Å². The average Bonchev–Trinajstić information content (AvgIpc) is 3.59. The molecule has 1 N–H and O–H groups in total. The lowest BCUT2D eigenvalue weighted by atomic mass is 10.1. The third-order valence-corrected chi connectivity index (χ3v) is 5.69. The summed E-state index contributed by atoms with van der Waals surface area (Å²) >= 11 is 1.17. The molecule has 154 valence electrons. The minimum Gasteiger partial charge on any atom is -0.462 e. The Balaban J connectivity index is 1.44. The molecule has 0 saturated heterocycles. The average molecular weight is 437 g/mol. The summed E-state index contributed by atoms with van der Waals surface area (Å²) in [5.41, 5.74) is 1.63. The van der Waals surface area contributed by atoms with Crippen LogP contribution in [0.25, 0.3) is 33.3 Å². The molecule has 5 rings (SSSR count). The van der Waals surface area contributed by atoms with Crippen LogP contribution in [0.5, 0.6) is 0 Å². The summed E-state index contributed by atoms with van der Waals surface area (Å²) in [6.07, 6.45) is 5.00. The number of carbonyl (C=O) groups excluding carboxylic acids is 1. The van der Waals surface area contributed by atoms with E-state index in [0.717, 1.165) is 16.5 Å². The van der Waals surface area contributed by atoms with Gasteiger partial charge in [-0.1, -0.05) is 47.7 Å². The number of fused-ring (bicyclic) bond motifs is 1. The molecule has 2 aromatic carbocycles. The van der Waals surface area contributed by atoms with Crippen LogP contribution in [0.3, 0.4) is 0 Å². The molecule has 0 spiro atoms. The van der Waals surface area contributed by atoms with Gasteiger partial charge in [0.15, 0.2) is 10.8 Å². The second-order valence-corrected chi connectivity index (χ2v) is 7.79. The number of carbonyl (C=O) groups is 1. The van der Waals surface area contributed by atoms with Crippen molar-refractivity contribution in [3.05, 3.63) is 90.5 Å². The van der Waals surface area contributed by atoms with Gasteiger partial charge < -0.3 is 8.98 Å². The Labute approximate surface area is 186 Å². The van der Waals surface area contributed by atoms with Crippen molar-refractivity contribution in [3.63, 3.8) is 0 Å². The molecule has 1 amide bonds. The molecule has 0 atom stereocenters. The Hall–Kier alpha value is -4.48. The van der Waals surface area contributed by atoms with Gasteiger partial charge in [0.25, 0.3) is 5.91 Å². The number of nitrogens with zero attached hydrogens (tertiary/aromatic N) is 4. The van der Waals surface area contributed by atoms with E-state index in [1.807, 2.05) is 71.4 Å². The van der Waals surface area contributed by atoms with E-state index < -0.39 is 5.91 Å². The van der Waals surface area contributed by atoms with Crippen LogP contribution in [-0.4, -0.2) is 20.7 Å². The Morgan fingerprint density at radius 1 is 1.06 bits per heavy atom. The lowest BCUT2D eigenvalue weighted by Gasteiger charge is -2.11. The van der Waals surface area contributed by atoms with Gasteiger partial charge in [-0.05, 0) is 41.8 Å². The van der Waals surface area contributed by atoms with Gasteiger partial charge in [0.1, 0.15) is 11.6 Å². The van der Waals surface area contributed by atoms with Gasteiger partial charge in [0.05, 0.1) is 12.0 Å². The van der Waals surface area contributed by atoms with Crippen molar-refractivity contribution in [2.45, 2.75) is 0 Å².